The average molecular weight is 472 g/mol. The van der Waals surface area contributed by atoms with Crippen molar-refractivity contribution in [2.75, 3.05) is 0 Å². The first-order valence-corrected chi connectivity index (χ1v) is 12.4. The van der Waals surface area contributed by atoms with Crippen LogP contribution in [0.2, 0.25) is 0 Å². The SMILES string of the molecule is CC(CCc1ccccc1)NC(=O)C(C)Sc1nnc(-c2ccncc2)n1Cc1ccccc1. The van der Waals surface area contributed by atoms with E-state index in [4.69, 9.17) is 0 Å². The molecule has 1 amide bonds. The number of aryl methyl sites for hydroxylation is 1. The van der Waals surface area contributed by atoms with Crippen molar-refractivity contribution in [2.45, 2.75) is 49.7 Å². The zero-order valence-electron chi connectivity index (χ0n) is 19.5. The van der Waals surface area contributed by atoms with E-state index in [9.17, 15) is 4.79 Å². The van der Waals surface area contributed by atoms with Crippen LogP contribution >= 0.6 is 11.8 Å². The van der Waals surface area contributed by atoms with Crippen molar-refractivity contribution in [1.29, 1.82) is 0 Å². The van der Waals surface area contributed by atoms with Gasteiger partial charge < -0.3 is 5.32 Å². The minimum absolute atomic E-state index is 0.00489. The normalized spacial score (nSPS) is 12.8. The molecule has 0 saturated heterocycles. The van der Waals surface area contributed by atoms with Gasteiger partial charge in [-0.25, -0.2) is 0 Å². The van der Waals surface area contributed by atoms with Crippen LogP contribution in [0.25, 0.3) is 11.4 Å². The van der Waals surface area contributed by atoms with Gasteiger partial charge in [-0.1, -0.05) is 72.4 Å². The highest BCUT2D eigenvalue weighted by atomic mass is 32.2. The molecule has 0 aliphatic carbocycles. The van der Waals surface area contributed by atoms with Gasteiger partial charge in [0.2, 0.25) is 5.91 Å². The Morgan fingerprint density at radius 3 is 2.24 bits per heavy atom. The van der Waals surface area contributed by atoms with E-state index in [0.29, 0.717) is 6.54 Å². The monoisotopic (exact) mass is 471 g/mol. The molecule has 2 heterocycles. The maximum Gasteiger partial charge on any atom is 0.233 e. The molecular formula is C27H29N5OS. The Morgan fingerprint density at radius 2 is 1.56 bits per heavy atom. The predicted molar refractivity (Wildman–Crippen MR) is 136 cm³/mol. The van der Waals surface area contributed by atoms with Gasteiger partial charge in [0.15, 0.2) is 11.0 Å². The van der Waals surface area contributed by atoms with Gasteiger partial charge in [-0.05, 0) is 49.9 Å². The van der Waals surface area contributed by atoms with Crippen LogP contribution in [0, 0.1) is 0 Å². The first-order chi connectivity index (χ1) is 16.6. The number of amides is 1. The highest BCUT2D eigenvalue weighted by Gasteiger charge is 2.22. The van der Waals surface area contributed by atoms with Gasteiger partial charge in [-0.2, -0.15) is 0 Å². The zero-order valence-corrected chi connectivity index (χ0v) is 20.3. The number of rotatable bonds is 10. The standard InChI is InChI=1S/C27H29N5OS/c1-20(13-14-22-9-5-3-6-10-22)29-26(33)21(2)34-27-31-30-25(24-15-17-28-18-16-24)32(27)19-23-11-7-4-8-12-23/h3-12,15-18,20-21H,13-14,19H2,1-2H3,(H,29,33). The van der Waals surface area contributed by atoms with E-state index >= 15 is 0 Å². The number of pyridine rings is 1. The number of hydrogen-bond donors (Lipinski definition) is 1. The van der Waals surface area contributed by atoms with Crippen molar-refractivity contribution in [3.8, 4) is 11.4 Å². The molecule has 0 saturated carbocycles. The van der Waals surface area contributed by atoms with Gasteiger partial charge in [-0.15, -0.1) is 10.2 Å². The molecule has 174 valence electrons. The fourth-order valence-corrected chi connectivity index (χ4v) is 4.53. The van der Waals surface area contributed by atoms with Crippen LogP contribution < -0.4 is 5.32 Å². The minimum Gasteiger partial charge on any atom is -0.353 e. The summed E-state index contributed by atoms with van der Waals surface area (Å²) in [6.07, 6.45) is 5.32. The zero-order chi connectivity index (χ0) is 23.8. The molecule has 2 unspecified atom stereocenters. The van der Waals surface area contributed by atoms with Crippen molar-refractivity contribution in [3.05, 3.63) is 96.3 Å². The summed E-state index contributed by atoms with van der Waals surface area (Å²) in [6.45, 7) is 4.59. The lowest BCUT2D eigenvalue weighted by Gasteiger charge is -2.18. The Balaban J connectivity index is 1.44. The van der Waals surface area contributed by atoms with E-state index in [1.807, 2.05) is 55.5 Å². The van der Waals surface area contributed by atoms with Crippen molar-refractivity contribution >= 4 is 17.7 Å². The summed E-state index contributed by atoms with van der Waals surface area (Å²) in [7, 11) is 0. The maximum atomic E-state index is 12.9. The van der Waals surface area contributed by atoms with Crippen LogP contribution in [-0.2, 0) is 17.8 Å². The molecule has 0 aliphatic rings. The topological polar surface area (TPSA) is 72.7 Å². The van der Waals surface area contributed by atoms with E-state index < -0.39 is 0 Å². The average Bonchev–Trinajstić information content (AvgIpc) is 3.26. The van der Waals surface area contributed by atoms with E-state index in [-0.39, 0.29) is 17.2 Å². The smallest absolute Gasteiger partial charge is 0.233 e. The summed E-state index contributed by atoms with van der Waals surface area (Å²) < 4.78 is 2.07. The quantitative estimate of drug-likeness (QED) is 0.329. The number of thioether (sulfide) groups is 1. The van der Waals surface area contributed by atoms with Crippen LogP contribution in [0.5, 0.6) is 0 Å². The van der Waals surface area contributed by atoms with Crippen molar-refractivity contribution < 1.29 is 4.79 Å². The molecule has 2 atom stereocenters. The van der Waals surface area contributed by atoms with Crippen molar-refractivity contribution in [2.24, 2.45) is 0 Å². The Labute approximate surface area is 204 Å². The van der Waals surface area contributed by atoms with Crippen LogP contribution in [-0.4, -0.2) is 36.9 Å². The molecule has 0 bridgehead atoms. The Kier molecular flexibility index (Phi) is 8.09. The number of aromatic nitrogens is 4. The second kappa shape index (κ2) is 11.6. The molecule has 4 rings (SSSR count). The van der Waals surface area contributed by atoms with E-state index in [1.54, 1.807) is 12.4 Å². The molecule has 4 aromatic rings. The highest BCUT2D eigenvalue weighted by Crippen LogP contribution is 2.27. The van der Waals surface area contributed by atoms with Gasteiger partial charge in [0.05, 0.1) is 11.8 Å². The Morgan fingerprint density at radius 1 is 0.912 bits per heavy atom. The molecule has 0 radical (unpaired) electrons. The van der Waals surface area contributed by atoms with Gasteiger partial charge in [0.25, 0.3) is 0 Å². The molecule has 2 aromatic heterocycles. The third-order valence-electron chi connectivity index (χ3n) is 5.59. The van der Waals surface area contributed by atoms with E-state index in [0.717, 1.165) is 34.9 Å². The molecule has 1 N–H and O–H groups in total. The molecular weight excluding hydrogens is 442 g/mol. The number of hydrogen-bond acceptors (Lipinski definition) is 5. The van der Waals surface area contributed by atoms with Crippen LogP contribution in [0.15, 0.2) is 90.3 Å². The van der Waals surface area contributed by atoms with Gasteiger partial charge in [-0.3, -0.25) is 14.3 Å². The molecule has 0 fully saturated rings. The number of carbonyl (C=O) groups is 1. The van der Waals surface area contributed by atoms with Gasteiger partial charge in [0.1, 0.15) is 0 Å². The van der Waals surface area contributed by atoms with Crippen LogP contribution in [0.4, 0.5) is 0 Å². The maximum absolute atomic E-state index is 12.9. The Hall–Kier alpha value is -3.45. The minimum atomic E-state index is -0.303. The molecule has 0 aliphatic heterocycles. The number of nitrogens with zero attached hydrogens (tertiary/aromatic N) is 4. The van der Waals surface area contributed by atoms with E-state index in [1.165, 1.54) is 17.3 Å². The van der Waals surface area contributed by atoms with E-state index in [2.05, 4.69) is 56.3 Å². The van der Waals surface area contributed by atoms with Gasteiger partial charge in [0, 0.05) is 24.0 Å². The third kappa shape index (κ3) is 6.32. The molecule has 34 heavy (non-hydrogen) atoms. The molecule has 2 aromatic carbocycles. The lowest BCUT2D eigenvalue weighted by molar-refractivity contribution is -0.120. The molecule has 7 heteroatoms. The van der Waals surface area contributed by atoms with Crippen molar-refractivity contribution in [1.82, 2.24) is 25.1 Å². The summed E-state index contributed by atoms with van der Waals surface area (Å²) in [5, 5.41) is 12.5. The summed E-state index contributed by atoms with van der Waals surface area (Å²) in [5.41, 5.74) is 3.37. The summed E-state index contributed by atoms with van der Waals surface area (Å²) >= 11 is 1.43. The fourth-order valence-electron chi connectivity index (χ4n) is 3.67. The number of nitrogens with one attached hydrogen (secondary N) is 1. The number of carbonyl (C=O) groups excluding carboxylic acids is 1. The van der Waals surface area contributed by atoms with Crippen LogP contribution in [0.1, 0.15) is 31.4 Å². The molecule has 6 nitrogen and oxygen atoms in total. The van der Waals surface area contributed by atoms with Gasteiger partial charge >= 0.3 is 0 Å². The third-order valence-corrected chi connectivity index (χ3v) is 6.67. The lowest BCUT2D eigenvalue weighted by atomic mass is 10.1. The predicted octanol–water partition coefficient (Wildman–Crippen LogP) is 5.01. The first kappa shape index (κ1) is 23.7. The lowest BCUT2D eigenvalue weighted by Crippen LogP contribution is -2.38. The Bertz CT molecular complexity index is 1180. The van der Waals surface area contributed by atoms with Crippen LogP contribution in [0.3, 0.4) is 0 Å². The second-order valence-corrected chi connectivity index (χ2v) is 9.62. The summed E-state index contributed by atoms with van der Waals surface area (Å²) in [4.78, 5) is 17.0. The first-order valence-electron chi connectivity index (χ1n) is 11.5. The molecule has 0 spiro atoms. The number of benzene rings is 2. The summed E-state index contributed by atoms with van der Waals surface area (Å²) in [6, 6.07) is 24.5. The second-order valence-electron chi connectivity index (χ2n) is 8.31. The fraction of sp³-hybridized carbons (Fsp3) is 0.259. The summed E-state index contributed by atoms with van der Waals surface area (Å²) in [5.74, 6) is 0.767. The largest absolute Gasteiger partial charge is 0.353 e. The highest BCUT2D eigenvalue weighted by molar-refractivity contribution is 8.00. The van der Waals surface area contributed by atoms with Crippen molar-refractivity contribution in [3.63, 3.8) is 0 Å².